The zero-order chi connectivity index (χ0) is 17.7. The number of ether oxygens (including phenoxy) is 3. The number of benzene rings is 1. The van der Waals surface area contributed by atoms with Gasteiger partial charge in [-0.25, -0.2) is 4.99 Å². The molecule has 0 radical (unpaired) electrons. The van der Waals surface area contributed by atoms with Gasteiger partial charge >= 0.3 is 5.97 Å². The van der Waals surface area contributed by atoms with E-state index in [1.165, 1.54) is 20.2 Å². The number of aliphatic imine (C=N–C) groups is 1. The molecule has 0 bridgehead atoms. The highest BCUT2D eigenvalue weighted by Crippen LogP contribution is 2.29. The van der Waals surface area contributed by atoms with E-state index in [0.29, 0.717) is 23.1 Å². The van der Waals surface area contributed by atoms with Crippen molar-refractivity contribution in [2.75, 3.05) is 7.11 Å². The summed E-state index contributed by atoms with van der Waals surface area (Å²) in [5.74, 6) is 1.24. The number of hydrogen-bond donors (Lipinski definition) is 0. The smallest absolute Gasteiger partial charge is 0.308 e. The molecule has 0 atom stereocenters. The standard InChI is InChI=1S/C18H20N2O4/c1-6-19-18(17-12(2)7-8-20(17)4)24-16-10-14(22-5)9-15(11-16)23-13(3)21/h6-11H,1H2,2-5H3/b19-18+. The molecular formula is C18H20N2O4. The third kappa shape index (κ3) is 4.04. The Morgan fingerprint density at radius 3 is 2.33 bits per heavy atom. The van der Waals surface area contributed by atoms with Crippen LogP contribution in [-0.4, -0.2) is 23.5 Å². The van der Waals surface area contributed by atoms with Gasteiger partial charge in [0, 0.05) is 44.6 Å². The Balaban J connectivity index is 2.41. The molecule has 0 saturated heterocycles. The van der Waals surface area contributed by atoms with Gasteiger partial charge in [0.2, 0.25) is 5.90 Å². The van der Waals surface area contributed by atoms with Gasteiger partial charge in [-0.3, -0.25) is 4.79 Å². The maximum atomic E-state index is 11.2. The van der Waals surface area contributed by atoms with Gasteiger partial charge in [-0.2, -0.15) is 0 Å². The minimum atomic E-state index is -0.424. The van der Waals surface area contributed by atoms with Crippen LogP contribution in [0.2, 0.25) is 0 Å². The molecule has 2 aromatic rings. The van der Waals surface area contributed by atoms with Crippen LogP contribution in [0.4, 0.5) is 0 Å². The summed E-state index contributed by atoms with van der Waals surface area (Å²) < 4.78 is 18.2. The molecule has 0 N–H and O–H groups in total. The second-order valence-corrected chi connectivity index (χ2v) is 5.12. The summed E-state index contributed by atoms with van der Waals surface area (Å²) in [6, 6.07) is 6.85. The summed E-state index contributed by atoms with van der Waals surface area (Å²) in [7, 11) is 3.43. The summed E-state index contributed by atoms with van der Waals surface area (Å²) in [5.41, 5.74) is 1.84. The maximum absolute atomic E-state index is 11.2. The average molecular weight is 328 g/mol. The number of aryl methyl sites for hydroxylation is 2. The molecule has 24 heavy (non-hydrogen) atoms. The predicted molar refractivity (Wildman–Crippen MR) is 91.8 cm³/mol. The van der Waals surface area contributed by atoms with E-state index < -0.39 is 5.97 Å². The van der Waals surface area contributed by atoms with Crippen LogP contribution < -0.4 is 14.2 Å². The van der Waals surface area contributed by atoms with Crippen LogP contribution in [0.3, 0.4) is 0 Å². The molecule has 1 heterocycles. The lowest BCUT2D eigenvalue weighted by Gasteiger charge is -2.13. The first-order valence-corrected chi connectivity index (χ1v) is 7.31. The number of carbonyl (C=O) groups excluding carboxylic acids is 1. The van der Waals surface area contributed by atoms with Crippen LogP contribution in [0, 0.1) is 6.92 Å². The van der Waals surface area contributed by atoms with Crippen LogP contribution in [0.1, 0.15) is 18.2 Å². The van der Waals surface area contributed by atoms with Gasteiger partial charge in [-0.15, -0.1) is 0 Å². The van der Waals surface area contributed by atoms with Gasteiger partial charge in [0.1, 0.15) is 22.9 Å². The van der Waals surface area contributed by atoms with Gasteiger partial charge in [0.05, 0.1) is 7.11 Å². The fourth-order valence-electron chi connectivity index (χ4n) is 2.25. The zero-order valence-corrected chi connectivity index (χ0v) is 14.2. The summed E-state index contributed by atoms with van der Waals surface area (Å²) >= 11 is 0. The number of esters is 1. The lowest BCUT2D eigenvalue weighted by molar-refractivity contribution is -0.131. The van der Waals surface area contributed by atoms with E-state index in [-0.39, 0.29) is 0 Å². The van der Waals surface area contributed by atoms with E-state index in [1.807, 2.05) is 30.8 Å². The number of carbonyl (C=O) groups is 1. The number of aromatic nitrogens is 1. The molecule has 0 aliphatic heterocycles. The minimum Gasteiger partial charge on any atom is -0.496 e. The molecule has 6 nitrogen and oxygen atoms in total. The highest BCUT2D eigenvalue weighted by atomic mass is 16.5. The number of nitrogens with zero attached hydrogens (tertiary/aromatic N) is 2. The highest BCUT2D eigenvalue weighted by molar-refractivity contribution is 5.96. The molecule has 126 valence electrons. The van der Waals surface area contributed by atoms with E-state index in [4.69, 9.17) is 14.2 Å². The van der Waals surface area contributed by atoms with E-state index in [9.17, 15) is 4.79 Å². The largest absolute Gasteiger partial charge is 0.496 e. The Kier molecular flexibility index (Phi) is 5.42. The second-order valence-electron chi connectivity index (χ2n) is 5.12. The van der Waals surface area contributed by atoms with Crippen molar-refractivity contribution in [3.8, 4) is 17.2 Å². The average Bonchev–Trinajstić information content (AvgIpc) is 2.85. The van der Waals surface area contributed by atoms with E-state index in [0.717, 1.165) is 11.3 Å². The third-order valence-corrected chi connectivity index (χ3v) is 3.25. The van der Waals surface area contributed by atoms with Crippen molar-refractivity contribution in [1.82, 2.24) is 4.57 Å². The number of hydrogen-bond acceptors (Lipinski definition) is 5. The summed E-state index contributed by atoms with van der Waals surface area (Å²) in [4.78, 5) is 15.4. The van der Waals surface area contributed by atoms with Gasteiger partial charge < -0.3 is 18.8 Å². The maximum Gasteiger partial charge on any atom is 0.308 e. The van der Waals surface area contributed by atoms with Crippen LogP contribution in [0.15, 0.2) is 48.2 Å². The summed E-state index contributed by atoms with van der Waals surface area (Å²) in [5, 5.41) is 0. The second kappa shape index (κ2) is 7.50. The third-order valence-electron chi connectivity index (χ3n) is 3.25. The van der Waals surface area contributed by atoms with Crippen molar-refractivity contribution in [2.24, 2.45) is 12.0 Å². The molecule has 0 aliphatic carbocycles. The van der Waals surface area contributed by atoms with Gasteiger partial charge in [0.25, 0.3) is 0 Å². The highest BCUT2D eigenvalue weighted by Gasteiger charge is 2.15. The Hall–Kier alpha value is -3.02. The van der Waals surface area contributed by atoms with Crippen molar-refractivity contribution in [3.05, 3.63) is 54.5 Å². The molecule has 0 amide bonds. The molecule has 0 aliphatic rings. The molecule has 2 rings (SSSR count). The van der Waals surface area contributed by atoms with Crippen molar-refractivity contribution >= 4 is 11.9 Å². The van der Waals surface area contributed by atoms with Crippen LogP contribution in [-0.2, 0) is 11.8 Å². The van der Waals surface area contributed by atoms with Crippen molar-refractivity contribution in [3.63, 3.8) is 0 Å². The van der Waals surface area contributed by atoms with E-state index >= 15 is 0 Å². The Morgan fingerprint density at radius 2 is 1.83 bits per heavy atom. The van der Waals surface area contributed by atoms with E-state index in [2.05, 4.69) is 11.6 Å². The Morgan fingerprint density at radius 1 is 1.21 bits per heavy atom. The Bertz CT molecular complexity index is 771. The van der Waals surface area contributed by atoms with Gasteiger partial charge in [0.15, 0.2) is 0 Å². The molecule has 1 aromatic carbocycles. The lowest BCUT2D eigenvalue weighted by atomic mass is 10.2. The molecule has 0 unspecified atom stereocenters. The monoisotopic (exact) mass is 328 g/mol. The molecule has 1 aromatic heterocycles. The van der Waals surface area contributed by atoms with Gasteiger partial charge in [-0.05, 0) is 18.6 Å². The van der Waals surface area contributed by atoms with Crippen molar-refractivity contribution in [2.45, 2.75) is 13.8 Å². The first kappa shape index (κ1) is 17.3. The van der Waals surface area contributed by atoms with Crippen LogP contribution in [0.5, 0.6) is 17.2 Å². The van der Waals surface area contributed by atoms with Crippen molar-refractivity contribution in [1.29, 1.82) is 0 Å². The first-order valence-electron chi connectivity index (χ1n) is 7.31. The first-order chi connectivity index (χ1) is 11.4. The van der Waals surface area contributed by atoms with Crippen LogP contribution in [0.25, 0.3) is 0 Å². The Labute approximate surface area is 141 Å². The zero-order valence-electron chi connectivity index (χ0n) is 14.2. The van der Waals surface area contributed by atoms with E-state index in [1.54, 1.807) is 18.2 Å². The fraction of sp³-hybridized carbons (Fsp3) is 0.222. The van der Waals surface area contributed by atoms with Crippen molar-refractivity contribution < 1.29 is 19.0 Å². The topological polar surface area (TPSA) is 62.0 Å². The summed E-state index contributed by atoms with van der Waals surface area (Å²) in [6.45, 7) is 6.93. The number of methoxy groups -OCH3 is 1. The van der Waals surface area contributed by atoms with Gasteiger partial charge in [-0.1, -0.05) is 6.58 Å². The molecule has 0 spiro atoms. The normalized spacial score (nSPS) is 11.1. The molecule has 6 heteroatoms. The lowest BCUT2D eigenvalue weighted by Crippen LogP contribution is -2.15. The SMILES string of the molecule is C=C/N=C(/Oc1cc(OC)cc(OC(C)=O)c1)c1c(C)ccn1C. The fourth-order valence-corrected chi connectivity index (χ4v) is 2.25. The quantitative estimate of drug-likeness (QED) is 0.366. The predicted octanol–water partition coefficient (Wildman–Crippen LogP) is 3.24. The molecule has 0 fully saturated rings. The number of rotatable bonds is 5. The van der Waals surface area contributed by atoms with Crippen LogP contribution >= 0.6 is 0 Å². The summed E-state index contributed by atoms with van der Waals surface area (Å²) in [6.07, 6.45) is 3.33. The minimum absolute atomic E-state index is 0.332. The molecular weight excluding hydrogens is 308 g/mol. The molecule has 0 saturated carbocycles.